The van der Waals surface area contributed by atoms with Gasteiger partial charge in [-0.25, -0.2) is 0 Å². The summed E-state index contributed by atoms with van der Waals surface area (Å²) in [5.41, 5.74) is 0. The number of nitrogens with zero attached hydrogens (tertiary/aromatic N) is 1. The van der Waals surface area contributed by atoms with Crippen molar-refractivity contribution < 1.29 is 14.7 Å². The zero-order chi connectivity index (χ0) is 15.2. The maximum Gasteiger partial charge on any atom is 0.307 e. The van der Waals surface area contributed by atoms with Gasteiger partial charge in [0.05, 0.1) is 11.8 Å². The molecule has 3 atom stereocenters. The third-order valence-electron chi connectivity index (χ3n) is 4.72. The fraction of sp³-hybridized carbons (Fsp3) is 0.867. The maximum absolute atomic E-state index is 12.3. The number of nitrogens with one attached hydrogen (secondary N) is 1. The molecule has 120 valence electrons. The van der Waals surface area contributed by atoms with Crippen LogP contribution in [0.4, 0.5) is 0 Å². The number of aliphatic carboxylic acids is 1. The van der Waals surface area contributed by atoms with E-state index in [4.69, 9.17) is 0 Å². The SMILES string of the molecule is CCC1C[C@H](C(=O)NCCN2CCSCC2)[C@H](C(=O)O)C1. The van der Waals surface area contributed by atoms with Gasteiger partial charge >= 0.3 is 5.97 Å². The number of carbonyl (C=O) groups is 2. The second-order valence-electron chi connectivity index (χ2n) is 6.04. The second kappa shape index (κ2) is 8.03. The fourth-order valence-corrected chi connectivity index (χ4v) is 4.31. The number of carbonyl (C=O) groups excluding carboxylic acids is 1. The molecule has 2 aliphatic rings. The molecule has 0 spiro atoms. The molecule has 2 rings (SSSR count). The van der Waals surface area contributed by atoms with Crippen molar-refractivity contribution in [1.29, 1.82) is 0 Å². The van der Waals surface area contributed by atoms with Crippen LogP contribution in [0.5, 0.6) is 0 Å². The molecule has 0 bridgehead atoms. The minimum atomic E-state index is -0.820. The van der Waals surface area contributed by atoms with Crippen molar-refractivity contribution in [3.63, 3.8) is 0 Å². The number of carboxylic acid groups (broad SMARTS) is 1. The molecule has 1 aliphatic carbocycles. The molecule has 6 heteroatoms. The van der Waals surface area contributed by atoms with E-state index in [1.54, 1.807) is 0 Å². The lowest BCUT2D eigenvalue weighted by molar-refractivity contribution is -0.146. The van der Waals surface area contributed by atoms with Gasteiger partial charge in [0.15, 0.2) is 0 Å². The van der Waals surface area contributed by atoms with Crippen LogP contribution < -0.4 is 5.32 Å². The minimum Gasteiger partial charge on any atom is -0.481 e. The molecular weight excluding hydrogens is 288 g/mol. The Morgan fingerprint density at radius 1 is 1.24 bits per heavy atom. The van der Waals surface area contributed by atoms with Crippen LogP contribution in [0.15, 0.2) is 0 Å². The van der Waals surface area contributed by atoms with E-state index in [9.17, 15) is 14.7 Å². The number of thioether (sulfide) groups is 1. The lowest BCUT2D eigenvalue weighted by Crippen LogP contribution is -2.42. The van der Waals surface area contributed by atoms with E-state index >= 15 is 0 Å². The Kier molecular flexibility index (Phi) is 6.36. The summed E-state index contributed by atoms with van der Waals surface area (Å²) in [6, 6.07) is 0. The first-order chi connectivity index (χ1) is 10.1. The average Bonchev–Trinajstić information content (AvgIpc) is 2.93. The monoisotopic (exact) mass is 314 g/mol. The molecule has 0 aromatic carbocycles. The van der Waals surface area contributed by atoms with Gasteiger partial charge in [0.1, 0.15) is 0 Å². The number of amides is 1. The molecule has 0 radical (unpaired) electrons. The molecule has 2 N–H and O–H groups in total. The third-order valence-corrected chi connectivity index (χ3v) is 5.67. The topological polar surface area (TPSA) is 69.6 Å². The van der Waals surface area contributed by atoms with Crippen molar-refractivity contribution in [3.05, 3.63) is 0 Å². The molecule has 0 aromatic rings. The van der Waals surface area contributed by atoms with E-state index in [1.165, 1.54) is 0 Å². The highest BCUT2D eigenvalue weighted by Crippen LogP contribution is 2.38. The quantitative estimate of drug-likeness (QED) is 0.773. The summed E-state index contributed by atoms with van der Waals surface area (Å²) in [5.74, 6) is 0.974. The largest absolute Gasteiger partial charge is 0.481 e. The van der Waals surface area contributed by atoms with Crippen LogP contribution >= 0.6 is 11.8 Å². The van der Waals surface area contributed by atoms with Crippen molar-refractivity contribution >= 4 is 23.6 Å². The molecule has 2 fully saturated rings. The summed E-state index contributed by atoms with van der Waals surface area (Å²) in [4.78, 5) is 25.9. The van der Waals surface area contributed by atoms with Crippen molar-refractivity contribution in [2.24, 2.45) is 17.8 Å². The van der Waals surface area contributed by atoms with Gasteiger partial charge in [-0.3, -0.25) is 14.5 Å². The lowest BCUT2D eigenvalue weighted by atomic mass is 9.95. The predicted octanol–water partition coefficient (Wildman–Crippen LogP) is 1.29. The van der Waals surface area contributed by atoms with Gasteiger partial charge in [-0.05, 0) is 18.8 Å². The third kappa shape index (κ3) is 4.61. The Bertz CT molecular complexity index is 372. The van der Waals surface area contributed by atoms with Gasteiger partial charge in [-0.15, -0.1) is 0 Å². The molecule has 1 unspecified atom stereocenters. The Labute approximate surface area is 130 Å². The van der Waals surface area contributed by atoms with E-state index in [0.717, 1.165) is 44.0 Å². The van der Waals surface area contributed by atoms with Crippen molar-refractivity contribution in [2.45, 2.75) is 26.2 Å². The molecule has 1 saturated heterocycles. The van der Waals surface area contributed by atoms with Crippen molar-refractivity contribution in [1.82, 2.24) is 10.2 Å². The van der Waals surface area contributed by atoms with E-state index < -0.39 is 11.9 Å². The summed E-state index contributed by atoms with van der Waals surface area (Å²) < 4.78 is 0. The first kappa shape index (κ1) is 16.6. The Hall–Kier alpha value is -0.750. The fourth-order valence-electron chi connectivity index (χ4n) is 3.33. The summed E-state index contributed by atoms with van der Waals surface area (Å²) in [6.45, 7) is 5.73. The van der Waals surface area contributed by atoms with Crippen LogP contribution in [0, 0.1) is 17.8 Å². The van der Waals surface area contributed by atoms with Crippen LogP contribution in [0.1, 0.15) is 26.2 Å². The molecule has 21 heavy (non-hydrogen) atoms. The zero-order valence-corrected chi connectivity index (χ0v) is 13.5. The number of hydrogen-bond acceptors (Lipinski definition) is 4. The van der Waals surface area contributed by atoms with Crippen molar-refractivity contribution in [3.8, 4) is 0 Å². The van der Waals surface area contributed by atoms with Crippen LogP contribution in [0.2, 0.25) is 0 Å². The highest BCUT2D eigenvalue weighted by atomic mass is 32.2. The Balaban J connectivity index is 1.77. The zero-order valence-electron chi connectivity index (χ0n) is 12.7. The van der Waals surface area contributed by atoms with E-state index in [-0.39, 0.29) is 11.8 Å². The van der Waals surface area contributed by atoms with E-state index in [2.05, 4.69) is 17.1 Å². The van der Waals surface area contributed by atoms with Gasteiger partial charge in [0, 0.05) is 37.7 Å². The molecular formula is C15H26N2O3S. The lowest BCUT2D eigenvalue weighted by Gasteiger charge is -2.26. The van der Waals surface area contributed by atoms with Crippen LogP contribution in [-0.2, 0) is 9.59 Å². The van der Waals surface area contributed by atoms with E-state index in [1.807, 2.05) is 11.8 Å². The van der Waals surface area contributed by atoms with Gasteiger partial charge in [-0.1, -0.05) is 13.3 Å². The van der Waals surface area contributed by atoms with Gasteiger partial charge in [0.2, 0.25) is 5.91 Å². The normalized spacial score (nSPS) is 30.2. The number of rotatable bonds is 6. The predicted molar refractivity (Wildman–Crippen MR) is 84.4 cm³/mol. The second-order valence-corrected chi connectivity index (χ2v) is 7.27. The van der Waals surface area contributed by atoms with Crippen molar-refractivity contribution in [2.75, 3.05) is 37.7 Å². The van der Waals surface area contributed by atoms with Crippen LogP contribution in [0.25, 0.3) is 0 Å². The highest BCUT2D eigenvalue weighted by Gasteiger charge is 2.41. The standard InChI is InChI=1S/C15H26N2O3S/c1-2-11-9-12(13(10-11)15(19)20)14(18)16-3-4-17-5-7-21-8-6-17/h11-13H,2-10H2,1H3,(H,16,18)(H,19,20)/t11?,12-,13+/m0/s1. The molecule has 1 saturated carbocycles. The summed E-state index contributed by atoms with van der Waals surface area (Å²) in [6.07, 6.45) is 2.33. The maximum atomic E-state index is 12.3. The molecule has 5 nitrogen and oxygen atoms in total. The molecule has 1 aliphatic heterocycles. The van der Waals surface area contributed by atoms with Crippen LogP contribution in [0.3, 0.4) is 0 Å². The molecule has 0 aromatic heterocycles. The minimum absolute atomic E-state index is 0.0651. The Morgan fingerprint density at radius 2 is 1.90 bits per heavy atom. The smallest absolute Gasteiger partial charge is 0.307 e. The first-order valence-corrected chi connectivity index (χ1v) is 9.08. The summed E-state index contributed by atoms with van der Waals surface area (Å²) >= 11 is 1.97. The highest BCUT2D eigenvalue weighted by molar-refractivity contribution is 7.99. The number of hydrogen-bond donors (Lipinski definition) is 2. The molecule has 1 amide bonds. The average molecular weight is 314 g/mol. The number of carboxylic acids is 1. The van der Waals surface area contributed by atoms with Gasteiger partial charge in [-0.2, -0.15) is 11.8 Å². The van der Waals surface area contributed by atoms with E-state index in [0.29, 0.717) is 18.9 Å². The summed E-state index contributed by atoms with van der Waals surface area (Å²) in [5, 5.41) is 12.2. The van der Waals surface area contributed by atoms with Gasteiger partial charge < -0.3 is 10.4 Å². The summed E-state index contributed by atoms with van der Waals surface area (Å²) in [7, 11) is 0. The van der Waals surface area contributed by atoms with Crippen LogP contribution in [-0.4, -0.2) is 59.6 Å². The Morgan fingerprint density at radius 3 is 2.52 bits per heavy atom. The first-order valence-electron chi connectivity index (χ1n) is 7.92. The van der Waals surface area contributed by atoms with Gasteiger partial charge in [0.25, 0.3) is 0 Å². The molecule has 1 heterocycles.